The molecular weight excluding hydrogens is 432 g/mol. The van der Waals surface area contributed by atoms with Gasteiger partial charge >= 0.3 is 0 Å². The second-order valence-corrected chi connectivity index (χ2v) is 8.00. The van der Waals surface area contributed by atoms with Gasteiger partial charge in [0.15, 0.2) is 5.60 Å². The first-order chi connectivity index (χ1) is 16.4. The molecule has 0 saturated heterocycles. The molecule has 0 bridgehead atoms. The quantitative estimate of drug-likeness (QED) is 0.376. The number of fused-ring (bicyclic) bond motifs is 1. The van der Waals surface area contributed by atoms with Crippen LogP contribution in [0.4, 0.5) is 0 Å². The molecule has 8 nitrogen and oxygen atoms in total. The van der Waals surface area contributed by atoms with E-state index < -0.39 is 5.60 Å². The Balaban J connectivity index is 1.81. The maximum atomic E-state index is 12.7. The molecule has 0 fully saturated rings. The zero-order valence-electron chi connectivity index (χ0n) is 18.6. The van der Waals surface area contributed by atoms with E-state index in [9.17, 15) is 15.0 Å². The van der Waals surface area contributed by atoms with Crippen LogP contribution in [0.3, 0.4) is 0 Å². The number of aryl methyl sites for hydroxylation is 1. The second kappa shape index (κ2) is 8.17. The molecule has 0 aliphatic heterocycles. The fourth-order valence-electron chi connectivity index (χ4n) is 4.22. The predicted octanol–water partition coefficient (Wildman–Crippen LogP) is 3.32. The molecule has 3 aromatic heterocycles. The third-order valence-electron chi connectivity index (χ3n) is 6.06. The van der Waals surface area contributed by atoms with E-state index in [1.54, 1.807) is 49.2 Å². The lowest BCUT2D eigenvalue weighted by molar-refractivity contribution is 0.121. The summed E-state index contributed by atoms with van der Waals surface area (Å²) in [5.74, 6) is 0.636. The van der Waals surface area contributed by atoms with Crippen LogP contribution in [0.5, 0.6) is 11.5 Å². The van der Waals surface area contributed by atoms with Gasteiger partial charge in [-0.25, -0.2) is 4.98 Å². The van der Waals surface area contributed by atoms with E-state index in [0.29, 0.717) is 39.3 Å². The summed E-state index contributed by atoms with van der Waals surface area (Å²) in [6.07, 6.45) is 4.42. The molecule has 0 amide bonds. The van der Waals surface area contributed by atoms with Crippen LogP contribution in [0.2, 0.25) is 0 Å². The third-order valence-corrected chi connectivity index (χ3v) is 6.06. The number of aromatic nitrogens is 4. The van der Waals surface area contributed by atoms with E-state index in [2.05, 4.69) is 15.0 Å². The Hall–Kier alpha value is -4.43. The van der Waals surface area contributed by atoms with Crippen molar-refractivity contribution in [2.75, 3.05) is 7.11 Å². The lowest BCUT2D eigenvalue weighted by Gasteiger charge is -2.29. The minimum atomic E-state index is -1.58. The molecule has 0 aliphatic carbocycles. The topological polar surface area (TPSA) is 113 Å². The SMILES string of the molecule is COc1cccc(C(O)(c2ccc3c(c2)c(-c2ccc(O)cn2)cc(=O)n3C)c2cnc[nH]2)c1. The number of pyridine rings is 2. The normalized spacial score (nSPS) is 13.0. The largest absolute Gasteiger partial charge is 0.506 e. The van der Waals surface area contributed by atoms with Gasteiger partial charge in [0.2, 0.25) is 0 Å². The number of hydrogen-bond donors (Lipinski definition) is 3. The predicted molar refractivity (Wildman–Crippen MR) is 128 cm³/mol. The number of hydrogen-bond acceptors (Lipinski definition) is 6. The van der Waals surface area contributed by atoms with Crippen molar-refractivity contribution < 1.29 is 14.9 Å². The number of methoxy groups -OCH3 is 1. The maximum Gasteiger partial charge on any atom is 0.251 e. The molecular formula is C26H22N4O4. The number of nitrogens with zero attached hydrogens (tertiary/aromatic N) is 3. The van der Waals surface area contributed by atoms with Crippen molar-refractivity contribution >= 4 is 10.9 Å². The maximum absolute atomic E-state index is 12.7. The van der Waals surface area contributed by atoms with Crippen molar-refractivity contribution in [2.45, 2.75) is 5.60 Å². The Bertz CT molecular complexity index is 1540. The first-order valence-electron chi connectivity index (χ1n) is 10.6. The first kappa shape index (κ1) is 21.4. The van der Waals surface area contributed by atoms with Crippen LogP contribution in [0.1, 0.15) is 16.8 Å². The Labute approximate surface area is 194 Å². The number of H-pyrrole nitrogens is 1. The molecule has 2 aromatic carbocycles. The van der Waals surface area contributed by atoms with E-state index in [-0.39, 0.29) is 11.3 Å². The lowest BCUT2D eigenvalue weighted by Crippen LogP contribution is -2.29. The third kappa shape index (κ3) is 3.41. The van der Waals surface area contributed by atoms with Crippen LogP contribution in [-0.4, -0.2) is 36.8 Å². The molecule has 170 valence electrons. The molecule has 34 heavy (non-hydrogen) atoms. The molecule has 0 aliphatic rings. The summed E-state index contributed by atoms with van der Waals surface area (Å²) in [6, 6.07) is 17.3. The van der Waals surface area contributed by atoms with Crippen LogP contribution in [0, 0.1) is 0 Å². The lowest BCUT2D eigenvalue weighted by atomic mass is 9.82. The number of aliphatic hydroxyl groups is 1. The molecule has 1 unspecified atom stereocenters. The highest BCUT2D eigenvalue weighted by Gasteiger charge is 2.36. The second-order valence-electron chi connectivity index (χ2n) is 8.00. The van der Waals surface area contributed by atoms with Gasteiger partial charge in [0.25, 0.3) is 5.56 Å². The van der Waals surface area contributed by atoms with Gasteiger partial charge in [0.05, 0.1) is 42.7 Å². The summed E-state index contributed by atoms with van der Waals surface area (Å²) >= 11 is 0. The highest BCUT2D eigenvalue weighted by Crippen LogP contribution is 2.39. The van der Waals surface area contributed by atoms with Crippen molar-refractivity contribution in [3.63, 3.8) is 0 Å². The summed E-state index contributed by atoms with van der Waals surface area (Å²) in [5.41, 5.74) is 1.67. The van der Waals surface area contributed by atoms with Crippen LogP contribution < -0.4 is 10.3 Å². The monoisotopic (exact) mass is 454 g/mol. The van der Waals surface area contributed by atoms with Crippen LogP contribution in [-0.2, 0) is 12.6 Å². The molecule has 5 aromatic rings. The van der Waals surface area contributed by atoms with Gasteiger partial charge in [-0.1, -0.05) is 18.2 Å². The van der Waals surface area contributed by atoms with E-state index in [0.717, 1.165) is 5.39 Å². The van der Waals surface area contributed by atoms with E-state index in [4.69, 9.17) is 4.74 Å². The van der Waals surface area contributed by atoms with Gasteiger partial charge in [-0.3, -0.25) is 9.78 Å². The Morgan fingerprint density at radius 2 is 1.85 bits per heavy atom. The van der Waals surface area contributed by atoms with Gasteiger partial charge in [-0.2, -0.15) is 0 Å². The van der Waals surface area contributed by atoms with Crippen molar-refractivity contribution in [3.8, 4) is 22.8 Å². The Morgan fingerprint density at radius 3 is 2.56 bits per heavy atom. The minimum Gasteiger partial charge on any atom is -0.506 e. The zero-order chi connectivity index (χ0) is 23.9. The van der Waals surface area contributed by atoms with Crippen molar-refractivity contribution in [2.24, 2.45) is 7.05 Å². The van der Waals surface area contributed by atoms with Gasteiger partial charge < -0.3 is 24.5 Å². The minimum absolute atomic E-state index is 0.0317. The van der Waals surface area contributed by atoms with Crippen molar-refractivity contribution in [1.29, 1.82) is 0 Å². The van der Waals surface area contributed by atoms with Gasteiger partial charge in [0, 0.05) is 24.1 Å². The summed E-state index contributed by atoms with van der Waals surface area (Å²) < 4.78 is 6.93. The molecule has 1 atom stereocenters. The highest BCUT2D eigenvalue weighted by atomic mass is 16.5. The van der Waals surface area contributed by atoms with E-state index in [1.807, 2.05) is 24.3 Å². The first-order valence-corrected chi connectivity index (χ1v) is 10.6. The fraction of sp³-hybridized carbons (Fsp3) is 0.115. The summed E-state index contributed by atoms with van der Waals surface area (Å²) in [6.45, 7) is 0. The van der Waals surface area contributed by atoms with E-state index in [1.165, 1.54) is 24.7 Å². The molecule has 3 N–H and O–H groups in total. The smallest absolute Gasteiger partial charge is 0.251 e. The van der Waals surface area contributed by atoms with E-state index >= 15 is 0 Å². The molecule has 5 rings (SSSR count). The fourth-order valence-corrected chi connectivity index (χ4v) is 4.22. The van der Waals surface area contributed by atoms with Crippen LogP contribution in [0.25, 0.3) is 22.2 Å². The molecule has 0 radical (unpaired) electrons. The zero-order valence-corrected chi connectivity index (χ0v) is 18.6. The summed E-state index contributed by atoms with van der Waals surface area (Å²) in [5, 5.41) is 22.6. The number of aromatic amines is 1. The number of aromatic hydroxyl groups is 1. The number of ether oxygens (including phenoxy) is 1. The number of nitrogens with one attached hydrogen (secondary N) is 1. The molecule has 0 saturated carbocycles. The Kier molecular flexibility index (Phi) is 5.14. The summed E-state index contributed by atoms with van der Waals surface area (Å²) in [4.78, 5) is 24.1. The molecule has 8 heteroatoms. The molecule has 3 heterocycles. The van der Waals surface area contributed by atoms with Crippen LogP contribution in [0.15, 0.2) is 84.2 Å². The highest BCUT2D eigenvalue weighted by molar-refractivity contribution is 5.94. The number of rotatable bonds is 5. The number of benzene rings is 2. The average Bonchev–Trinajstić information content (AvgIpc) is 3.42. The Morgan fingerprint density at radius 1 is 1.03 bits per heavy atom. The van der Waals surface area contributed by atoms with Crippen LogP contribution >= 0.6 is 0 Å². The van der Waals surface area contributed by atoms with Gasteiger partial charge in [-0.05, 0) is 47.5 Å². The average molecular weight is 454 g/mol. The number of imidazole rings is 1. The summed E-state index contributed by atoms with van der Waals surface area (Å²) in [7, 11) is 3.27. The van der Waals surface area contributed by atoms with Gasteiger partial charge in [-0.15, -0.1) is 0 Å². The van der Waals surface area contributed by atoms with Gasteiger partial charge in [0.1, 0.15) is 11.5 Å². The van der Waals surface area contributed by atoms with Crippen molar-refractivity contribution in [1.82, 2.24) is 19.5 Å². The molecule has 0 spiro atoms. The van der Waals surface area contributed by atoms with Crippen molar-refractivity contribution in [3.05, 3.63) is 107 Å². The standard InChI is InChI=1S/C26H22N4O4/c1-30-23-9-6-17(11-21(23)20(12-25(30)32)22-8-7-18(31)13-28-22)26(33,24-14-27-15-29-24)16-4-3-5-19(10-16)34-2/h3-15,31,33H,1-2H3,(H,27,29).